The molecule has 2 saturated heterocycles. The number of likely N-dealkylation sites (tertiary alicyclic amines) is 2. The van der Waals surface area contributed by atoms with Crippen LogP contribution in [0.4, 0.5) is 17.5 Å². The lowest BCUT2D eigenvalue weighted by Crippen LogP contribution is -2.42. The van der Waals surface area contributed by atoms with Crippen LogP contribution in [0.15, 0.2) is 30.3 Å². The summed E-state index contributed by atoms with van der Waals surface area (Å²) >= 11 is 6.03. The van der Waals surface area contributed by atoms with Gasteiger partial charge < -0.3 is 20.0 Å². The van der Waals surface area contributed by atoms with Crippen LogP contribution in [0.1, 0.15) is 44.2 Å². The SMILES string of the molecule is Cc1cc(N(CCN2CCCCC2)CCN2CCCCC2)nc(Nc2ccc(Cl)cc2)n1.Cl. The standard InChI is InChI=1S/C25H37ClN6.ClH/c1-21-20-24(29-25(27-21)28-23-10-8-22(26)9-11-23)32(18-16-30-12-4-2-5-13-30)19-17-31-14-6-3-7-15-31;/h8-11,20H,2-7,12-19H2,1H3,(H,27,28,29);1H. The molecule has 0 unspecified atom stereocenters. The minimum Gasteiger partial charge on any atom is -0.354 e. The fraction of sp³-hybridized carbons (Fsp3) is 0.600. The molecule has 0 atom stereocenters. The van der Waals surface area contributed by atoms with E-state index in [9.17, 15) is 0 Å². The van der Waals surface area contributed by atoms with Crippen LogP contribution in [0.2, 0.25) is 5.02 Å². The quantitative estimate of drug-likeness (QED) is 0.506. The Bertz CT molecular complexity index is 813. The highest BCUT2D eigenvalue weighted by Gasteiger charge is 2.17. The summed E-state index contributed by atoms with van der Waals surface area (Å²) in [5.74, 6) is 1.66. The minimum atomic E-state index is 0. The van der Waals surface area contributed by atoms with E-state index >= 15 is 0 Å². The zero-order valence-corrected chi connectivity index (χ0v) is 21.4. The van der Waals surface area contributed by atoms with E-state index in [1.165, 1.54) is 64.7 Å². The van der Waals surface area contributed by atoms with E-state index in [2.05, 4.69) is 31.1 Å². The van der Waals surface area contributed by atoms with Gasteiger partial charge in [-0.05, 0) is 83.1 Å². The lowest BCUT2D eigenvalue weighted by Gasteiger charge is -2.33. The average molecular weight is 494 g/mol. The summed E-state index contributed by atoms with van der Waals surface area (Å²) in [5.41, 5.74) is 1.92. The van der Waals surface area contributed by atoms with E-state index < -0.39 is 0 Å². The van der Waals surface area contributed by atoms with E-state index in [0.717, 1.165) is 48.4 Å². The molecule has 0 bridgehead atoms. The molecule has 33 heavy (non-hydrogen) atoms. The second-order valence-corrected chi connectivity index (χ2v) is 9.55. The summed E-state index contributed by atoms with van der Waals surface area (Å²) in [5, 5.41) is 4.07. The number of nitrogens with zero attached hydrogens (tertiary/aromatic N) is 5. The summed E-state index contributed by atoms with van der Waals surface area (Å²) in [4.78, 5) is 17.2. The normalized spacial score (nSPS) is 17.4. The molecule has 2 fully saturated rings. The van der Waals surface area contributed by atoms with Crippen LogP contribution in [-0.2, 0) is 0 Å². The topological polar surface area (TPSA) is 47.5 Å². The highest BCUT2D eigenvalue weighted by atomic mass is 35.5. The molecule has 2 aliphatic heterocycles. The molecule has 2 aliphatic rings. The molecule has 2 aromatic rings. The first kappa shape index (κ1) is 26.0. The summed E-state index contributed by atoms with van der Waals surface area (Å²) < 4.78 is 0. The Balaban J connectivity index is 0.00000306. The highest BCUT2D eigenvalue weighted by Crippen LogP contribution is 2.21. The Labute approximate surface area is 210 Å². The molecule has 0 saturated carbocycles. The minimum absolute atomic E-state index is 0. The van der Waals surface area contributed by atoms with Gasteiger partial charge in [-0.2, -0.15) is 4.98 Å². The Morgan fingerprint density at radius 1 is 0.848 bits per heavy atom. The maximum absolute atomic E-state index is 6.03. The van der Waals surface area contributed by atoms with Gasteiger partial charge in [0.15, 0.2) is 0 Å². The molecule has 0 amide bonds. The van der Waals surface area contributed by atoms with Crippen molar-refractivity contribution in [1.82, 2.24) is 19.8 Å². The Hall–Kier alpha value is -1.60. The number of benzene rings is 1. The summed E-state index contributed by atoms with van der Waals surface area (Å²) in [6, 6.07) is 9.80. The van der Waals surface area contributed by atoms with E-state index in [1.54, 1.807) is 0 Å². The number of halogens is 2. The summed E-state index contributed by atoms with van der Waals surface area (Å²) in [6.45, 7) is 11.2. The van der Waals surface area contributed by atoms with E-state index in [-0.39, 0.29) is 12.4 Å². The van der Waals surface area contributed by atoms with Crippen LogP contribution in [0.5, 0.6) is 0 Å². The first-order valence-corrected chi connectivity index (χ1v) is 12.6. The van der Waals surface area contributed by atoms with Gasteiger partial charge in [0.1, 0.15) is 5.82 Å². The van der Waals surface area contributed by atoms with Gasteiger partial charge in [0.05, 0.1) is 0 Å². The largest absolute Gasteiger partial charge is 0.354 e. The van der Waals surface area contributed by atoms with Crippen LogP contribution >= 0.6 is 24.0 Å². The number of anilines is 3. The zero-order valence-electron chi connectivity index (χ0n) is 19.8. The van der Waals surface area contributed by atoms with Gasteiger partial charge >= 0.3 is 0 Å². The molecule has 4 rings (SSSR count). The van der Waals surface area contributed by atoms with Crippen molar-refractivity contribution in [1.29, 1.82) is 0 Å². The third kappa shape index (κ3) is 8.29. The highest BCUT2D eigenvalue weighted by molar-refractivity contribution is 6.30. The first-order chi connectivity index (χ1) is 15.7. The lowest BCUT2D eigenvalue weighted by molar-refractivity contribution is 0.223. The maximum atomic E-state index is 6.03. The smallest absolute Gasteiger partial charge is 0.229 e. The third-order valence-electron chi connectivity index (χ3n) is 6.53. The van der Waals surface area contributed by atoms with Crippen molar-refractivity contribution in [3.05, 3.63) is 41.0 Å². The average Bonchev–Trinajstić information content (AvgIpc) is 2.81. The van der Waals surface area contributed by atoms with Crippen molar-refractivity contribution in [2.24, 2.45) is 0 Å². The van der Waals surface area contributed by atoms with Crippen molar-refractivity contribution >= 4 is 41.5 Å². The zero-order chi connectivity index (χ0) is 22.2. The van der Waals surface area contributed by atoms with Gasteiger partial charge in [0.2, 0.25) is 5.95 Å². The van der Waals surface area contributed by atoms with Crippen LogP contribution in [0, 0.1) is 6.92 Å². The second kappa shape index (κ2) is 13.3. The van der Waals surface area contributed by atoms with Crippen molar-refractivity contribution in [2.45, 2.75) is 45.4 Å². The molecule has 0 aliphatic carbocycles. The number of nitrogens with one attached hydrogen (secondary N) is 1. The van der Waals surface area contributed by atoms with E-state index in [4.69, 9.17) is 16.6 Å². The molecule has 1 N–H and O–H groups in total. The van der Waals surface area contributed by atoms with Crippen LogP contribution < -0.4 is 10.2 Å². The Kier molecular flexibility index (Phi) is 10.5. The molecular weight excluding hydrogens is 455 g/mol. The molecular formula is C25H38Cl2N6. The number of hydrogen-bond acceptors (Lipinski definition) is 6. The van der Waals surface area contributed by atoms with E-state index in [1.807, 2.05) is 31.2 Å². The van der Waals surface area contributed by atoms with E-state index in [0.29, 0.717) is 5.95 Å². The first-order valence-electron chi connectivity index (χ1n) is 12.2. The molecule has 3 heterocycles. The monoisotopic (exact) mass is 492 g/mol. The lowest BCUT2D eigenvalue weighted by atomic mass is 10.1. The van der Waals surface area contributed by atoms with Crippen LogP contribution in [0.3, 0.4) is 0 Å². The molecule has 8 heteroatoms. The molecule has 1 aromatic heterocycles. The molecule has 1 aromatic carbocycles. The van der Waals surface area contributed by atoms with Crippen molar-refractivity contribution in [3.8, 4) is 0 Å². The second-order valence-electron chi connectivity index (χ2n) is 9.11. The van der Waals surface area contributed by atoms with Crippen molar-refractivity contribution < 1.29 is 0 Å². The predicted octanol–water partition coefficient (Wildman–Crippen LogP) is 5.38. The Morgan fingerprint density at radius 2 is 1.39 bits per heavy atom. The molecule has 6 nitrogen and oxygen atoms in total. The number of aromatic nitrogens is 2. The van der Waals surface area contributed by atoms with Crippen LogP contribution in [0.25, 0.3) is 0 Å². The van der Waals surface area contributed by atoms with Gasteiger partial charge in [-0.15, -0.1) is 12.4 Å². The number of rotatable bonds is 9. The fourth-order valence-corrected chi connectivity index (χ4v) is 4.79. The summed E-state index contributed by atoms with van der Waals surface area (Å²) in [6.07, 6.45) is 8.07. The third-order valence-corrected chi connectivity index (χ3v) is 6.79. The van der Waals surface area contributed by atoms with Gasteiger partial charge in [-0.25, -0.2) is 4.98 Å². The van der Waals surface area contributed by atoms with Crippen molar-refractivity contribution in [2.75, 3.05) is 62.6 Å². The van der Waals surface area contributed by atoms with Gasteiger partial charge in [-0.1, -0.05) is 24.4 Å². The summed E-state index contributed by atoms with van der Waals surface area (Å²) in [7, 11) is 0. The number of hydrogen-bond donors (Lipinski definition) is 1. The molecule has 0 spiro atoms. The fourth-order valence-electron chi connectivity index (χ4n) is 4.66. The van der Waals surface area contributed by atoms with Crippen molar-refractivity contribution in [3.63, 3.8) is 0 Å². The predicted molar refractivity (Wildman–Crippen MR) is 142 cm³/mol. The molecule has 182 valence electrons. The van der Waals surface area contributed by atoms with Gasteiger partial charge in [-0.3, -0.25) is 0 Å². The number of piperidine rings is 2. The Morgan fingerprint density at radius 3 is 1.94 bits per heavy atom. The van der Waals surface area contributed by atoms with Gasteiger partial charge in [0, 0.05) is 48.6 Å². The number of aryl methyl sites for hydroxylation is 1. The molecule has 0 radical (unpaired) electrons. The van der Waals surface area contributed by atoms with Crippen LogP contribution in [-0.4, -0.2) is 72.1 Å². The maximum Gasteiger partial charge on any atom is 0.229 e. The van der Waals surface area contributed by atoms with Gasteiger partial charge in [0.25, 0.3) is 0 Å².